The molecule has 0 aliphatic rings. The Kier molecular flexibility index (Phi) is 3.51. The van der Waals surface area contributed by atoms with Gasteiger partial charge < -0.3 is 4.42 Å². The van der Waals surface area contributed by atoms with Crippen molar-refractivity contribution in [3.8, 4) is 0 Å². The Morgan fingerprint density at radius 2 is 2.32 bits per heavy atom. The molecule has 0 saturated carbocycles. The molecule has 2 aromatic rings. The number of hydrogen-bond donors (Lipinski definition) is 0. The first kappa shape index (κ1) is 13.1. The highest BCUT2D eigenvalue weighted by Gasteiger charge is 2.12. The van der Waals surface area contributed by atoms with Crippen molar-refractivity contribution in [2.45, 2.75) is 5.16 Å². The van der Waals surface area contributed by atoms with E-state index in [0.717, 1.165) is 9.36 Å². The number of aromatic nitrogens is 3. The standard InChI is InChI=1S/C9H9N5O4S/c1-12-9(15)13(8(11-12)19-2)10-5-6-3-4-7(18-6)14(16)17/h3-5H,1-2H3/b10-5+. The van der Waals surface area contributed by atoms with Gasteiger partial charge in [0.15, 0.2) is 5.76 Å². The predicted molar refractivity (Wildman–Crippen MR) is 67.6 cm³/mol. The Hall–Kier alpha value is -2.36. The van der Waals surface area contributed by atoms with E-state index in [2.05, 4.69) is 10.2 Å². The maximum absolute atomic E-state index is 11.7. The molecule has 0 atom stereocenters. The van der Waals surface area contributed by atoms with Crippen molar-refractivity contribution in [3.63, 3.8) is 0 Å². The summed E-state index contributed by atoms with van der Waals surface area (Å²) in [6.07, 6.45) is 2.97. The molecule has 19 heavy (non-hydrogen) atoms. The summed E-state index contributed by atoms with van der Waals surface area (Å²) in [6, 6.07) is 2.60. The van der Waals surface area contributed by atoms with E-state index in [1.54, 1.807) is 6.26 Å². The molecule has 0 radical (unpaired) electrons. The average molecular weight is 283 g/mol. The quantitative estimate of drug-likeness (QED) is 0.353. The van der Waals surface area contributed by atoms with Crippen LogP contribution in [0.5, 0.6) is 0 Å². The van der Waals surface area contributed by atoms with Gasteiger partial charge in [0, 0.05) is 7.05 Å². The van der Waals surface area contributed by atoms with Crippen LogP contribution in [-0.4, -0.2) is 31.9 Å². The number of hydrogen-bond acceptors (Lipinski definition) is 7. The second kappa shape index (κ2) is 5.10. The van der Waals surface area contributed by atoms with Gasteiger partial charge in [-0.3, -0.25) is 10.1 Å². The fourth-order valence-electron chi connectivity index (χ4n) is 1.28. The van der Waals surface area contributed by atoms with Crippen LogP contribution < -0.4 is 5.69 Å². The van der Waals surface area contributed by atoms with Gasteiger partial charge in [0.2, 0.25) is 5.16 Å². The molecule has 9 nitrogen and oxygen atoms in total. The van der Waals surface area contributed by atoms with Crippen LogP contribution in [0.15, 0.2) is 31.6 Å². The number of nitro groups is 1. The molecule has 0 spiro atoms. The van der Waals surface area contributed by atoms with E-state index in [-0.39, 0.29) is 11.6 Å². The maximum atomic E-state index is 11.7. The van der Waals surface area contributed by atoms with Crippen molar-refractivity contribution < 1.29 is 9.34 Å². The Bertz CT molecular complexity index is 698. The minimum Gasteiger partial charge on any atom is -0.400 e. The van der Waals surface area contributed by atoms with Crippen molar-refractivity contribution in [2.24, 2.45) is 12.1 Å². The Morgan fingerprint density at radius 3 is 2.89 bits per heavy atom. The summed E-state index contributed by atoms with van der Waals surface area (Å²) in [7, 11) is 1.51. The van der Waals surface area contributed by atoms with Gasteiger partial charge in [0.1, 0.15) is 4.92 Å². The van der Waals surface area contributed by atoms with Gasteiger partial charge in [-0.1, -0.05) is 11.8 Å². The summed E-state index contributed by atoms with van der Waals surface area (Å²) >= 11 is 1.25. The molecule has 0 aliphatic heterocycles. The number of aryl methyl sites for hydroxylation is 1. The molecule has 0 fully saturated rings. The Labute approximate surface area is 110 Å². The van der Waals surface area contributed by atoms with Crippen LogP contribution >= 0.6 is 11.8 Å². The normalized spacial score (nSPS) is 11.3. The predicted octanol–water partition coefficient (Wildman–Crippen LogP) is 0.687. The smallest absolute Gasteiger partial charge is 0.400 e. The number of rotatable bonds is 4. The van der Waals surface area contributed by atoms with Crippen molar-refractivity contribution in [2.75, 3.05) is 6.26 Å². The lowest BCUT2D eigenvalue weighted by Crippen LogP contribution is -2.20. The largest absolute Gasteiger partial charge is 0.433 e. The minimum absolute atomic E-state index is 0.175. The van der Waals surface area contributed by atoms with E-state index in [1.165, 1.54) is 37.2 Å². The van der Waals surface area contributed by atoms with E-state index >= 15 is 0 Å². The fourth-order valence-corrected chi connectivity index (χ4v) is 1.79. The Balaban J connectivity index is 2.32. The zero-order valence-corrected chi connectivity index (χ0v) is 10.8. The molecule has 0 N–H and O–H groups in total. The molecule has 0 aliphatic carbocycles. The molecular formula is C9H9N5O4S. The highest BCUT2D eigenvalue weighted by molar-refractivity contribution is 7.98. The van der Waals surface area contributed by atoms with E-state index in [1.807, 2.05) is 0 Å². The first-order valence-corrected chi connectivity index (χ1v) is 6.24. The van der Waals surface area contributed by atoms with Gasteiger partial charge in [0.25, 0.3) is 0 Å². The molecular weight excluding hydrogens is 274 g/mol. The van der Waals surface area contributed by atoms with Gasteiger partial charge in [-0.05, 0) is 12.3 Å². The van der Waals surface area contributed by atoms with Crippen LogP contribution in [0.25, 0.3) is 0 Å². The molecule has 0 aromatic carbocycles. The topological polar surface area (TPSA) is 108 Å². The summed E-state index contributed by atoms with van der Waals surface area (Å²) in [6.45, 7) is 0. The SMILES string of the molecule is CSc1nn(C)c(=O)n1/N=C/c1ccc([N+](=O)[O-])o1. The van der Waals surface area contributed by atoms with Crippen LogP contribution in [0.3, 0.4) is 0 Å². The second-order valence-corrected chi connectivity index (χ2v) is 4.16. The molecule has 0 saturated heterocycles. The maximum Gasteiger partial charge on any atom is 0.433 e. The molecule has 2 heterocycles. The Morgan fingerprint density at radius 1 is 1.58 bits per heavy atom. The van der Waals surface area contributed by atoms with E-state index in [4.69, 9.17) is 4.42 Å². The summed E-state index contributed by atoms with van der Waals surface area (Å²) in [5.74, 6) is -0.209. The van der Waals surface area contributed by atoms with E-state index in [9.17, 15) is 14.9 Å². The van der Waals surface area contributed by atoms with E-state index < -0.39 is 10.6 Å². The molecule has 0 unspecified atom stereocenters. The average Bonchev–Trinajstić information content (AvgIpc) is 2.94. The van der Waals surface area contributed by atoms with Crippen LogP contribution in [0.4, 0.5) is 5.88 Å². The van der Waals surface area contributed by atoms with Crippen molar-refractivity contribution in [1.29, 1.82) is 0 Å². The third kappa shape index (κ3) is 2.57. The van der Waals surface area contributed by atoms with Gasteiger partial charge in [0.05, 0.1) is 12.3 Å². The molecule has 100 valence electrons. The summed E-state index contributed by atoms with van der Waals surface area (Å²) in [5.41, 5.74) is -0.415. The van der Waals surface area contributed by atoms with Crippen molar-refractivity contribution in [1.82, 2.24) is 14.5 Å². The summed E-state index contributed by atoms with van der Waals surface area (Å²) in [5, 5.41) is 18.7. The van der Waals surface area contributed by atoms with Crippen LogP contribution in [0.1, 0.15) is 5.76 Å². The summed E-state index contributed by atoms with van der Waals surface area (Å²) < 4.78 is 7.12. The number of furan rings is 1. The zero-order chi connectivity index (χ0) is 14.0. The molecule has 2 aromatic heterocycles. The molecule has 0 bridgehead atoms. The first-order chi connectivity index (χ1) is 9.02. The highest BCUT2D eigenvalue weighted by atomic mass is 32.2. The third-order valence-electron chi connectivity index (χ3n) is 2.15. The van der Waals surface area contributed by atoms with Gasteiger partial charge >= 0.3 is 11.6 Å². The summed E-state index contributed by atoms with van der Waals surface area (Å²) in [4.78, 5) is 21.5. The molecule has 10 heteroatoms. The van der Waals surface area contributed by atoms with E-state index in [0.29, 0.717) is 5.16 Å². The monoisotopic (exact) mass is 283 g/mol. The minimum atomic E-state index is -0.652. The fraction of sp³-hybridized carbons (Fsp3) is 0.222. The van der Waals surface area contributed by atoms with Crippen molar-refractivity contribution in [3.05, 3.63) is 38.5 Å². The van der Waals surface area contributed by atoms with Crippen LogP contribution in [0, 0.1) is 10.1 Å². The third-order valence-corrected chi connectivity index (χ3v) is 2.77. The lowest BCUT2D eigenvalue weighted by atomic mass is 10.5. The first-order valence-electron chi connectivity index (χ1n) is 5.01. The lowest BCUT2D eigenvalue weighted by molar-refractivity contribution is -0.402. The second-order valence-electron chi connectivity index (χ2n) is 3.38. The van der Waals surface area contributed by atoms with Gasteiger partial charge in [-0.2, -0.15) is 9.78 Å². The molecule has 2 rings (SSSR count). The number of thioether (sulfide) groups is 1. The van der Waals surface area contributed by atoms with Crippen LogP contribution in [0.2, 0.25) is 0 Å². The lowest BCUT2D eigenvalue weighted by Gasteiger charge is -1.92. The number of nitrogens with zero attached hydrogens (tertiary/aromatic N) is 5. The highest BCUT2D eigenvalue weighted by Crippen LogP contribution is 2.14. The molecule has 0 amide bonds. The van der Waals surface area contributed by atoms with Crippen LogP contribution in [-0.2, 0) is 7.05 Å². The van der Waals surface area contributed by atoms with Crippen molar-refractivity contribution >= 4 is 23.9 Å². The van der Waals surface area contributed by atoms with Gasteiger partial charge in [-0.25, -0.2) is 9.48 Å². The van der Waals surface area contributed by atoms with Gasteiger partial charge in [-0.15, -0.1) is 5.10 Å². The zero-order valence-electron chi connectivity index (χ0n) is 10.0.